The lowest BCUT2D eigenvalue weighted by Crippen LogP contribution is -1.96. The van der Waals surface area contributed by atoms with Gasteiger partial charge in [-0.3, -0.25) is 4.68 Å². The van der Waals surface area contributed by atoms with Gasteiger partial charge in [0.25, 0.3) is 0 Å². The maximum Gasteiger partial charge on any atom is 0.0641 e. The maximum atomic E-state index is 8.46. The summed E-state index contributed by atoms with van der Waals surface area (Å²) in [6, 6.07) is 12.2. The molecule has 2 aromatic rings. The van der Waals surface area contributed by atoms with E-state index in [0.29, 0.717) is 13.0 Å². The topological polar surface area (TPSA) is 41.6 Å². The second kappa shape index (κ2) is 4.43. The number of hydrogen-bond donors (Lipinski definition) is 0. The third kappa shape index (κ3) is 2.23. The van der Waals surface area contributed by atoms with Crippen molar-refractivity contribution in [2.45, 2.75) is 13.0 Å². The fourth-order valence-electron chi connectivity index (χ4n) is 1.43. The zero-order valence-electron chi connectivity index (χ0n) is 8.30. The van der Waals surface area contributed by atoms with Crippen LogP contribution in [-0.2, 0) is 6.54 Å². The van der Waals surface area contributed by atoms with Gasteiger partial charge >= 0.3 is 0 Å². The molecule has 0 radical (unpaired) electrons. The van der Waals surface area contributed by atoms with Gasteiger partial charge in [0.05, 0.1) is 25.2 Å². The number of benzene rings is 1. The fraction of sp³-hybridized carbons (Fsp3) is 0.167. The smallest absolute Gasteiger partial charge is 0.0641 e. The SMILES string of the molecule is N#CCCn1cc(-c2ccccc2)cn1. The third-order valence-corrected chi connectivity index (χ3v) is 2.19. The average molecular weight is 197 g/mol. The zero-order valence-corrected chi connectivity index (χ0v) is 8.30. The Bertz CT molecular complexity index is 465. The van der Waals surface area contributed by atoms with Crippen LogP contribution in [-0.4, -0.2) is 9.78 Å². The quantitative estimate of drug-likeness (QED) is 0.758. The highest BCUT2D eigenvalue weighted by Gasteiger charge is 1.99. The van der Waals surface area contributed by atoms with E-state index >= 15 is 0 Å². The molecule has 74 valence electrons. The highest BCUT2D eigenvalue weighted by molar-refractivity contribution is 5.61. The first kappa shape index (κ1) is 9.47. The largest absolute Gasteiger partial charge is 0.271 e. The van der Waals surface area contributed by atoms with Crippen molar-refractivity contribution in [3.8, 4) is 17.2 Å². The standard InChI is InChI=1S/C12H11N3/c13-7-4-8-15-10-12(9-14-15)11-5-2-1-3-6-11/h1-3,5-6,9-10H,4,8H2. The van der Waals surface area contributed by atoms with E-state index in [1.807, 2.05) is 42.7 Å². The minimum Gasteiger partial charge on any atom is -0.271 e. The van der Waals surface area contributed by atoms with Crippen molar-refractivity contribution in [2.24, 2.45) is 0 Å². The van der Waals surface area contributed by atoms with Gasteiger partial charge in [-0.25, -0.2) is 0 Å². The minimum absolute atomic E-state index is 0.496. The number of nitrogens with zero attached hydrogens (tertiary/aromatic N) is 3. The van der Waals surface area contributed by atoms with Gasteiger partial charge in [0.15, 0.2) is 0 Å². The molecule has 0 spiro atoms. The fourth-order valence-corrected chi connectivity index (χ4v) is 1.43. The van der Waals surface area contributed by atoms with E-state index in [4.69, 9.17) is 5.26 Å². The summed E-state index contributed by atoms with van der Waals surface area (Å²) in [5.74, 6) is 0. The molecule has 0 N–H and O–H groups in total. The second-order valence-electron chi connectivity index (χ2n) is 3.27. The summed E-state index contributed by atoms with van der Waals surface area (Å²) in [7, 11) is 0. The van der Waals surface area contributed by atoms with E-state index in [9.17, 15) is 0 Å². The van der Waals surface area contributed by atoms with Gasteiger partial charge in [-0.15, -0.1) is 0 Å². The number of rotatable bonds is 3. The Morgan fingerprint density at radius 2 is 2.00 bits per heavy atom. The van der Waals surface area contributed by atoms with Crippen LogP contribution < -0.4 is 0 Å². The van der Waals surface area contributed by atoms with E-state index < -0.39 is 0 Å². The zero-order chi connectivity index (χ0) is 10.5. The maximum absolute atomic E-state index is 8.46. The van der Waals surface area contributed by atoms with Crippen LogP contribution in [0.5, 0.6) is 0 Å². The van der Waals surface area contributed by atoms with Crippen LogP contribution in [0.15, 0.2) is 42.7 Å². The molecule has 1 aromatic carbocycles. The van der Waals surface area contributed by atoms with Gasteiger partial charge < -0.3 is 0 Å². The molecule has 2 rings (SSSR count). The lowest BCUT2D eigenvalue weighted by molar-refractivity contribution is 0.628. The van der Waals surface area contributed by atoms with Crippen LogP contribution in [0, 0.1) is 11.3 Å². The van der Waals surface area contributed by atoms with E-state index in [1.165, 1.54) is 0 Å². The Labute approximate surface area is 88.6 Å². The number of nitriles is 1. The van der Waals surface area contributed by atoms with Crippen molar-refractivity contribution in [3.63, 3.8) is 0 Å². The molecule has 0 fully saturated rings. The predicted octanol–water partition coefficient (Wildman–Crippen LogP) is 2.46. The molecule has 0 aliphatic heterocycles. The molecule has 1 heterocycles. The van der Waals surface area contributed by atoms with E-state index in [2.05, 4.69) is 11.2 Å². The van der Waals surface area contributed by atoms with Crippen molar-refractivity contribution in [1.82, 2.24) is 9.78 Å². The average Bonchev–Trinajstić information content (AvgIpc) is 2.76. The number of aryl methyl sites for hydroxylation is 1. The molecule has 1 aromatic heterocycles. The normalized spacial score (nSPS) is 9.80. The number of aromatic nitrogens is 2. The Morgan fingerprint density at radius 1 is 1.20 bits per heavy atom. The van der Waals surface area contributed by atoms with Crippen LogP contribution in [0.1, 0.15) is 6.42 Å². The van der Waals surface area contributed by atoms with Crippen LogP contribution in [0.4, 0.5) is 0 Å². The van der Waals surface area contributed by atoms with Crippen molar-refractivity contribution in [3.05, 3.63) is 42.7 Å². The Balaban J connectivity index is 2.18. The van der Waals surface area contributed by atoms with Crippen molar-refractivity contribution < 1.29 is 0 Å². The van der Waals surface area contributed by atoms with Crippen LogP contribution >= 0.6 is 0 Å². The van der Waals surface area contributed by atoms with Crippen molar-refractivity contribution >= 4 is 0 Å². The Morgan fingerprint density at radius 3 is 2.73 bits per heavy atom. The highest BCUT2D eigenvalue weighted by atomic mass is 15.3. The molecule has 0 aliphatic rings. The van der Waals surface area contributed by atoms with E-state index in [0.717, 1.165) is 11.1 Å². The molecular weight excluding hydrogens is 186 g/mol. The monoisotopic (exact) mass is 197 g/mol. The molecule has 3 heteroatoms. The summed E-state index contributed by atoms with van der Waals surface area (Å²) in [5.41, 5.74) is 2.24. The van der Waals surface area contributed by atoms with Crippen LogP contribution in [0.3, 0.4) is 0 Å². The van der Waals surface area contributed by atoms with E-state index in [1.54, 1.807) is 4.68 Å². The summed E-state index contributed by atoms with van der Waals surface area (Å²) in [6.07, 6.45) is 4.29. The molecule has 15 heavy (non-hydrogen) atoms. The first-order valence-electron chi connectivity index (χ1n) is 4.85. The minimum atomic E-state index is 0.496. The van der Waals surface area contributed by atoms with Gasteiger partial charge in [-0.1, -0.05) is 30.3 Å². The molecule has 3 nitrogen and oxygen atoms in total. The molecule has 0 atom stereocenters. The van der Waals surface area contributed by atoms with Gasteiger partial charge in [-0.2, -0.15) is 10.4 Å². The van der Waals surface area contributed by atoms with E-state index in [-0.39, 0.29) is 0 Å². The summed E-state index contributed by atoms with van der Waals surface area (Å²) in [4.78, 5) is 0. The number of hydrogen-bond acceptors (Lipinski definition) is 2. The first-order chi connectivity index (χ1) is 7.40. The molecule has 0 amide bonds. The molecule has 0 bridgehead atoms. The van der Waals surface area contributed by atoms with Gasteiger partial charge in [0, 0.05) is 11.8 Å². The Hall–Kier alpha value is -2.08. The molecule has 0 unspecified atom stereocenters. The summed E-state index contributed by atoms with van der Waals surface area (Å²) in [5, 5.41) is 12.7. The lowest BCUT2D eigenvalue weighted by Gasteiger charge is -1.95. The summed E-state index contributed by atoms with van der Waals surface area (Å²) in [6.45, 7) is 0.656. The molecule has 0 aliphatic carbocycles. The highest BCUT2D eigenvalue weighted by Crippen LogP contribution is 2.17. The van der Waals surface area contributed by atoms with Crippen molar-refractivity contribution in [2.75, 3.05) is 0 Å². The van der Waals surface area contributed by atoms with Gasteiger partial charge in [0.1, 0.15) is 0 Å². The van der Waals surface area contributed by atoms with Gasteiger partial charge in [-0.05, 0) is 5.56 Å². The molecule has 0 saturated heterocycles. The first-order valence-corrected chi connectivity index (χ1v) is 4.85. The predicted molar refractivity (Wildman–Crippen MR) is 57.9 cm³/mol. The Kier molecular flexibility index (Phi) is 2.80. The summed E-state index contributed by atoms with van der Waals surface area (Å²) < 4.78 is 1.80. The van der Waals surface area contributed by atoms with Crippen molar-refractivity contribution in [1.29, 1.82) is 5.26 Å². The molecule has 0 saturated carbocycles. The van der Waals surface area contributed by atoms with Crippen LogP contribution in [0.2, 0.25) is 0 Å². The molecular formula is C12H11N3. The van der Waals surface area contributed by atoms with Gasteiger partial charge in [0.2, 0.25) is 0 Å². The second-order valence-corrected chi connectivity index (χ2v) is 3.27. The van der Waals surface area contributed by atoms with Crippen LogP contribution in [0.25, 0.3) is 11.1 Å². The third-order valence-electron chi connectivity index (χ3n) is 2.19. The summed E-state index contributed by atoms with van der Waals surface area (Å²) >= 11 is 0. The lowest BCUT2D eigenvalue weighted by atomic mass is 10.1.